The van der Waals surface area contributed by atoms with Gasteiger partial charge in [0.05, 0.1) is 22.4 Å². The zero-order valence-electron chi connectivity index (χ0n) is 37.3. The van der Waals surface area contributed by atoms with E-state index in [9.17, 15) is 0 Å². The van der Waals surface area contributed by atoms with Crippen molar-refractivity contribution in [2.75, 3.05) is 4.90 Å². The summed E-state index contributed by atoms with van der Waals surface area (Å²) in [6.45, 7) is 4.77. The van der Waals surface area contributed by atoms with E-state index in [1.807, 2.05) is 0 Å². The first-order chi connectivity index (χ1) is 33.0. The standard InChI is InChI=1S/C65H44N2/c1-65(2)58-31-14-11-27-51(58)52-35-34-44(40-59(52)65)66(43-20-17-19-41(38-43)57-39-42-18-3-4-21-45(42)46-22-5-8-26-50(46)57)64-62(67-60-32-15-12-28-53(60)54-29-13-16-33-61(54)67)37-36-56-49-25-7-6-23-47(49)48-24-9-10-30-55(48)63(56)64/h3-40H,1-2H3. The van der Waals surface area contributed by atoms with Crippen molar-refractivity contribution in [2.45, 2.75) is 19.3 Å². The van der Waals surface area contributed by atoms with Gasteiger partial charge in [-0.25, -0.2) is 0 Å². The minimum Gasteiger partial charge on any atom is -0.308 e. The molecule has 314 valence electrons. The Morgan fingerprint density at radius 3 is 1.58 bits per heavy atom. The largest absolute Gasteiger partial charge is 0.308 e. The molecule has 0 saturated carbocycles. The summed E-state index contributed by atoms with van der Waals surface area (Å²) in [5, 5.41) is 14.9. The smallest absolute Gasteiger partial charge is 0.0787 e. The van der Waals surface area contributed by atoms with Crippen LogP contribution in [0.1, 0.15) is 25.0 Å². The zero-order chi connectivity index (χ0) is 44.4. The highest BCUT2D eigenvalue weighted by Crippen LogP contribution is 2.54. The molecular formula is C65H44N2. The van der Waals surface area contributed by atoms with Gasteiger partial charge in [0.15, 0.2) is 0 Å². The normalized spacial score (nSPS) is 13.0. The SMILES string of the molecule is CC1(C)c2ccccc2-c2ccc(N(c3cccc(-c4cc5ccccc5c5ccccc45)c3)c3c(-n4c5ccccc5c5ccccc54)ccc4c5ccccc5c5ccccc5c34)cc21. The van der Waals surface area contributed by atoms with E-state index in [0.29, 0.717) is 0 Å². The molecule has 0 amide bonds. The van der Waals surface area contributed by atoms with Gasteiger partial charge in [0.25, 0.3) is 0 Å². The lowest BCUT2D eigenvalue weighted by Gasteiger charge is -2.32. The van der Waals surface area contributed by atoms with Crippen molar-refractivity contribution in [2.24, 2.45) is 0 Å². The highest BCUT2D eigenvalue weighted by Gasteiger charge is 2.36. The van der Waals surface area contributed by atoms with Crippen molar-refractivity contribution >= 4 is 92.7 Å². The van der Waals surface area contributed by atoms with Gasteiger partial charge < -0.3 is 9.47 Å². The van der Waals surface area contributed by atoms with Gasteiger partial charge in [0.1, 0.15) is 0 Å². The first kappa shape index (κ1) is 37.9. The van der Waals surface area contributed by atoms with Crippen molar-refractivity contribution < 1.29 is 0 Å². The van der Waals surface area contributed by atoms with Gasteiger partial charge >= 0.3 is 0 Å². The molecule has 1 aliphatic carbocycles. The fourth-order valence-electron chi connectivity index (χ4n) is 11.9. The van der Waals surface area contributed by atoms with Crippen LogP contribution in [0.5, 0.6) is 0 Å². The molecule has 13 aromatic rings. The fourth-order valence-corrected chi connectivity index (χ4v) is 11.9. The Bertz CT molecular complexity index is 4120. The van der Waals surface area contributed by atoms with Crippen molar-refractivity contribution in [3.8, 4) is 27.9 Å². The minimum atomic E-state index is -0.198. The molecule has 2 nitrogen and oxygen atoms in total. The van der Waals surface area contributed by atoms with Crippen LogP contribution in [-0.4, -0.2) is 4.57 Å². The average Bonchev–Trinajstić information content (AvgIpc) is 3.84. The lowest BCUT2D eigenvalue weighted by molar-refractivity contribution is 0.660. The number of aromatic nitrogens is 1. The molecule has 0 unspecified atom stereocenters. The Morgan fingerprint density at radius 1 is 0.343 bits per heavy atom. The van der Waals surface area contributed by atoms with Crippen LogP contribution in [0.3, 0.4) is 0 Å². The molecule has 2 heteroatoms. The van der Waals surface area contributed by atoms with Crippen LogP contribution in [0.15, 0.2) is 231 Å². The summed E-state index contributed by atoms with van der Waals surface area (Å²) in [6, 6.07) is 86.1. The zero-order valence-corrected chi connectivity index (χ0v) is 37.3. The van der Waals surface area contributed by atoms with Crippen molar-refractivity contribution in [1.82, 2.24) is 4.57 Å². The van der Waals surface area contributed by atoms with Gasteiger partial charge in [-0.3, -0.25) is 0 Å². The van der Waals surface area contributed by atoms with Gasteiger partial charge in [-0.15, -0.1) is 0 Å². The minimum absolute atomic E-state index is 0.198. The summed E-state index contributed by atoms with van der Waals surface area (Å²) in [6.07, 6.45) is 0. The van der Waals surface area contributed by atoms with Gasteiger partial charge in [-0.2, -0.15) is 0 Å². The number of rotatable bonds is 5. The Labute approximate surface area is 389 Å². The Kier molecular flexibility index (Phi) is 8.06. The predicted molar refractivity (Wildman–Crippen MR) is 286 cm³/mol. The summed E-state index contributed by atoms with van der Waals surface area (Å²) in [4.78, 5) is 2.59. The van der Waals surface area contributed by atoms with E-state index in [-0.39, 0.29) is 5.41 Å². The van der Waals surface area contributed by atoms with Crippen molar-refractivity contribution in [1.29, 1.82) is 0 Å². The van der Waals surface area contributed by atoms with E-state index >= 15 is 0 Å². The molecule has 1 heterocycles. The third-order valence-corrected chi connectivity index (χ3v) is 14.9. The molecule has 12 aromatic carbocycles. The second-order valence-electron chi connectivity index (χ2n) is 18.8. The first-order valence-electron chi connectivity index (χ1n) is 23.4. The summed E-state index contributed by atoms with van der Waals surface area (Å²) in [5.74, 6) is 0. The van der Waals surface area contributed by atoms with Gasteiger partial charge in [-0.05, 0) is 130 Å². The monoisotopic (exact) mass is 852 g/mol. The number of hydrogen-bond donors (Lipinski definition) is 0. The van der Waals surface area contributed by atoms with Crippen LogP contribution in [-0.2, 0) is 5.41 Å². The van der Waals surface area contributed by atoms with Crippen LogP contribution in [0.2, 0.25) is 0 Å². The van der Waals surface area contributed by atoms with Crippen molar-refractivity contribution in [3.63, 3.8) is 0 Å². The third kappa shape index (κ3) is 5.45. The molecule has 0 atom stereocenters. The maximum atomic E-state index is 2.59. The van der Waals surface area contributed by atoms with E-state index in [4.69, 9.17) is 0 Å². The van der Waals surface area contributed by atoms with Gasteiger partial charge in [0.2, 0.25) is 0 Å². The Morgan fingerprint density at radius 2 is 0.866 bits per heavy atom. The summed E-state index contributed by atoms with van der Waals surface area (Å²) >= 11 is 0. The molecule has 0 saturated heterocycles. The van der Waals surface area contributed by atoms with E-state index < -0.39 is 0 Å². The number of hydrogen-bond acceptors (Lipinski definition) is 1. The average molecular weight is 853 g/mol. The Hall–Kier alpha value is -8.46. The third-order valence-electron chi connectivity index (χ3n) is 14.9. The topological polar surface area (TPSA) is 8.17 Å². The summed E-state index contributed by atoms with van der Waals surface area (Å²) < 4.78 is 2.52. The van der Waals surface area contributed by atoms with Crippen LogP contribution in [0.25, 0.3) is 104 Å². The van der Waals surface area contributed by atoms with Crippen molar-refractivity contribution in [3.05, 3.63) is 242 Å². The number of benzene rings is 12. The van der Waals surface area contributed by atoms with Gasteiger partial charge in [0, 0.05) is 32.9 Å². The molecule has 0 spiro atoms. The van der Waals surface area contributed by atoms with E-state index in [2.05, 4.69) is 254 Å². The molecule has 14 rings (SSSR count). The van der Waals surface area contributed by atoms with Crippen LogP contribution in [0, 0.1) is 0 Å². The number of para-hydroxylation sites is 2. The fraction of sp³-hybridized carbons (Fsp3) is 0.0462. The lowest BCUT2D eigenvalue weighted by atomic mass is 9.82. The molecule has 0 fully saturated rings. The quantitative estimate of drug-likeness (QED) is 0.157. The van der Waals surface area contributed by atoms with Crippen LogP contribution < -0.4 is 4.90 Å². The lowest BCUT2D eigenvalue weighted by Crippen LogP contribution is -2.17. The molecule has 0 radical (unpaired) electrons. The number of anilines is 3. The molecule has 0 aliphatic heterocycles. The molecule has 0 N–H and O–H groups in total. The molecule has 67 heavy (non-hydrogen) atoms. The van der Waals surface area contributed by atoms with E-state index in [0.717, 1.165) is 22.7 Å². The summed E-state index contributed by atoms with van der Waals surface area (Å²) in [5.41, 5.74) is 14.3. The highest BCUT2D eigenvalue weighted by atomic mass is 15.2. The number of fused-ring (bicyclic) bond motifs is 15. The molecular weight excluding hydrogens is 809 g/mol. The summed E-state index contributed by atoms with van der Waals surface area (Å²) in [7, 11) is 0. The number of nitrogens with zero attached hydrogens (tertiary/aromatic N) is 2. The van der Waals surface area contributed by atoms with Crippen LogP contribution >= 0.6 is 0 Å². The van der Waals surface area contributed by atoms with E-state index in [1.165, 1.54) is 109 Å². The Balaban J connectivity index is 1.15. The maximum Gasteiger partial charge on any atom is 0.0787 e. The second-order valence-corrected chi connectivity index (χ2v) is 18.8. The maximum absolute atomic E-state index is 2.59. The first-order valence-corrected chi connectivity index (χ1v) is 23.4. The predicted octanol–water partition coefficient (Wildman–Crippen LogP) is 18.0. The molecule has 1 aromatic heterocycles. The van der Waals surface area contributed by atoms with Crippen LogP contribution in [0.4, 0.5) is 17.1 Å². The molecule has 1 aliphatic rings. The second kappa shape index (κ2) is 14.3. The van der Waals surface area contributed by atoms with Gasteiger partial charge in [-0.1, -0.05) is 196 Å². The molecule has 0 bridgehead atoms. The highest BCUT2D eigenvalue weighted by molar-refractivity contribution is 6.30. The van der Waals surface area contributed by atoms with E-state index in [1.54, 1.807) is 0 Å².